The van der Waals surface area contributed by atoms with Crippen LogP contribution in [0.3, 0.4) is 0 Å². The maximum atomic E-state index is 12.1. The molecule has 2 aromatic rings. The molecule has 0 aliphatic carbocycles. The SMILES string of the molecule is CCCN1CCCc2cc(CCNC(=O)C(=O)Nc3ccc(OCC)cc3)ccc21. The Morgan fingerprint density at radius 1 is 1.07 bits per heavy atom. The summed E-state index contributed by atoms with van der Waals surface area (Å²) in [4.78, 5) is 26.6. The highest BCUT2D eigenvalue weighted by Gasteiger charge is 2.17. The minimum absolute atomic E-state index is 0.424. The smallest absolute Gasteiger partial charge is 0.313 e. The van der Waals surface area contributed by atoms with E-state index in [4.69, 9.17) is 4.74 Å². The summed E-state index contributed by atoms with van der Waals surface area (Å²) in [6, 6.07) is 13.5. The third-order valence-electron chi connectivity index (χ3n) is 5.18. The topological polar surface area (TPSA) is 70.7 Å². The van der Waals surface area contributed by atoms with E-state index in [1.165, 1.54) is 23.2 Å². The molecule has 0 saturated carbocycles. The fourth-order valence-electron chi connectivity index (χ4n) is 3.78. The summed E-state index contributed by atoms with van der Waals surface area (Å²) in [5.74, 6) is -0.571. The molecule has 2 aromatic carbocycles. The molecule has 3 rings (SSSR count). The quantitative estimate of drug-likeness (QED) is 0.654. The average molecular weight is 410 g/mol. The van der Waals surface area contributed by atoms with Gasteiger partial charge in [0.2, 0.25) is 0 Å². The van der Waals surface area contributed by atoms with E-state index in [1.807, 2.05) is 6.92 Å². The molecule has 0 unspecified atom stereocenters. The maximum absolute atomic E-state index is 12.1. The Morgan fingerprint density at radius 3 is 2.60 bits per heavy atom. The molecule has 2 amide bonds. The third kappa shape index (κ3) is 5.75. The van der Waals surface area contributed by atoms with Gasteiger partial charge >= 0.3 is 11.8 Å². The summed E-state index contributed by atoms with van der Waals surface area (Å²) in [5, 5.41) is 5.31. The second kappa shape index (κ2) is 10.7. The number of amides is 2. The van der Waals surface area contributed by atoms with Crippen LogP contribution in [0.4, 0.5) is 11.4 Å². The summed E-state index contributed by atoms with van der Waals surface area (Å²) in [6.07, 6.45) is 4.12. The molecule has 1 heterocycles. The van der Waals surface area contributed by atoms with Gasteiger partial charge in [-0.1, -0.05) is 19.1 Å². The van der Waals surface area contributed by atoms with Crippen LogP contribution in [0.15, 0.2) is 42.5 Å². The predicted octanol–water partition coefficient (Wildman–Crippen LogP) is 3.55. The average Bonchev–Trinajstić information content (AvgIpc) is 2.75. The Balaban J connectivity index is 1.47. The molecular formula is C24H31N3O3. The van der Waals surface area contributed by atoms with Crippen molar-refractivity contribution in [2.24, 2.45) is 0 Å². The van der Waals surface area contributed by atoms with Crippen LogP contribution in [0.1, 0.15) is 37.8 Å². The van der Waals surface area contributed by atoms with Crippen molar-refractivity contribution in [2.75, 3.05) is 36.5 Å². The number of hydrogen-bond acceptors (Lipinski definition) is 4. The van der Waals surface area contributed by atoms with Crippen molar-refractivity contribution in [3.8, 4) is 5.75 Å². The molecule has 0 radical (unpaired) electrons. The number of carbonyl (C=O) groups excluding carboxylic acids is 2. The van der Waals surface area contributed by atoms with Crippen LogP contribution < -0.4 is 20.3 Å². The number of nitrogens with one attached hydrogen (secondary N) is 2. The Bertz CT molecular complexity index is 864. The normalized spacial score (nSPS) is 12.8. The summed E-state index contributed by atoms with van der Waals surface area (Å²) >= 11 is 0. The molecule has 1 aliphatic heterocycles. The van der Waals surface area contributed by atoms with Crippen LogP contribution in [-0.4, -0.2) is 38.1 Å². The number of carbonyl (C=O) groups is 2. The van der Waals surface area contributed by atoms with Gasteiger partial charge in [0, 0.05) is 31.0 Å². The number of anilines is 2. The van der Waals surface area contributed by atoms with Crippen molar-refractivity contribution in [3.63, 3.8) is 0 Å². The number of nitrogens with zero attached hydrogens (tertiary/aromatic N) is 1. The lowest BCUT2D eigenvalue weighted by molar-refractivity contribution is -0.136. The molecule has 0 atom stereocenters. The Labute approximate surface area is 178 Å². The molecule has 0 bridgehead atoms. The van der Waals surface area contributed by atoms with Crippen molar-refractivity contribution in [1.82, 2.24) is 5.32 Å². The second-order valence-electron chi connectivity index (χ2n) is 7.47. The van der Waals surface area contributed by atoms with E-state index in [-0.39, 0.29) is 0 Å². The fraction of sp³-hybridized carbons (Fsp3) is 0.417. The summed E-state index contributed by atoms with van der Waals surface area (Å²) in [6.45, 7) is 7.33. The zero-order chi connectivity index (χ0) is 21.3. The molecule has 30 heavy (non-hydrogen) atoms. The summed E-state index contributed by atoms with van der Waals surface area (Å²) < 4.78 is 5.37. The monoisotopic (exact) mass is 409 g/mol. The molecule has 6 heteroatoms. The zero-order valence-electron chi connectivity index (χ0n) is 17.9. The second-order valence-corrected chi connectivity index (χ2v) is 7.47. The highest BCUT2D eigenvalue weighted by molar-refractivity contribution is 6.39. The Kier molecular flexibility index (Phi) is 7.71. The molecule has 160 valence electrons. The first-order chi connectivity index (χ1) is 14.6. The highest BCUT2D eigenvalue weighted by Crippen LogP contribution is 2.28. The summed E-state index contributed by atoms with van der Waals surface area (Å²) in [7, 11) is 0. The van der Waals surface area contributed by atoms with Gasteiger partial charge in [-0.3, -0.25) is 9.59 Å². The molecule has 0 fully saturated rings. The van der Waals surface area contributed by atoms with Gasteiger partial charge in [-0.05, 0) is 74.1 Å². The van der Waals surface area contributed by atoms with Gasteiger partial charge in [-0.15, -0.1) is 0 Å². The van der Waals surface area contributed by atoms with E-state index >= 15 is 0 Å². The minimum Gasteiger partial charge on any atom is -0.494 e. The Morgan fingerprint density at radius 2 is 1.87 bits per heavy atom. The standard InChI is InChI=1S/C24H31N3O3/c1-3-15-27-16-5-6-19-17-18(7-12-22(19)27)13-14-25-23(28)24(29)26-20-8-10-21(11-9-20)30-4-2/h7-12,17H,3-6,13-16H2,1-2H3,(H,25,28)(H,26,29). The van der Waals surface area contributed by atoms with Crippen LogP contribution in [-0.2, 0) is 22.4 Å². The van der Waals surface area contributed by atoms with E-state index in [2.05, 4.69) is 40.7 Å². The zero-order valence-corrected chi connectivity index (χ0v) is 17.9. The molecule has 0 aromatic heterocycles. The molecule has 0 spiro atoms. The van der Waals surface area contributed by atoms with E-state index in [0.717, 1.165) is 31.7 Å². The third-order valence-corrected chi connectivity index (χ3v) is 5.18. The number of fused-ring (bicyclic) bond motifs is 1. The van der Waals surface area contributed by atoms with Crippen LogP contribution in [0.25, 0.3) is 0 Å². The van der Waals surface area contributed by atoms with Crippen molar-refractivity contribution < 1.29 is 14.3 Å². The molecule has 6 nitrogen and oxygen atoms in total. The molecule has 1 aliphatic rings. The fourth-order valence-corrected chi connectivity index (χ4v) is 3.78. The van der Waals surface area contributed by atoms with Crippen molar-refractivity contribution in [2.45, 2.75) is 39.5 Å². The lowest BCUT2D eigenvalue weighted by atomic mass is 9.98. The van der Waals surface area contributed by atoms with E-state index in [1.54, 1.807) is 24.3 Å². The number of rotatable bonds is 8. The van der Waals surface area contributed by atoms with Crippen molar-refractivity contribution in [1.29, 1.82) is 0 Å². The van der Waals surface area contributed by atoms with Crippen LogP contribution in [0.5, 0.6) is 5.75 Å². The van der Waals surface area contributed by atoms with Gasteiger partial charge in [-0.25, -0.2) is 0 Å². The molecule has 0 saturated heterocycles. The number of aryl methyl sites for hydroxylation is 1. The van der Waals surface area contributed by atoms with Crippen molar-refractivity contribution >= 4 is 23.2 Å². The van der Waals surface area contributed by atoms with Gasteiger partial charge in [0.05, 0.1) is 6.61 Å². The predicted molar refractivity (Wildman–Crippen MR) is 120 cm³/mol. The van der Waals surface area contributed by atoms with Gasteiger partial charge in [0.1, 0.15) is 5.75 Å². The highest BCUT2D eigenvalue weighted by atomic mass is 16.5. The van der Waals surface area contributed by atoms with Gasteiger partial charge in [0.15, 0.2) is 0 Å². The maximum Gasteiger partial charge on any atom is 0.313 e. The van der Waals surface area contributed by atoms with Gasteiger partial charge in [0.25, 0.3) is 0 Å². The largest absolute Gasteiger partial charge is 0.494 e. The first kappa shape index (κ1) is 21.7. The number of benzene rings is 2. The van der Waals surface area contributed by atoms with Gasteiger partial charge < -0.3 is 20.3 Å². The molecular weight excluding hydrogens is 378 g/mol. The summed E-state index contributed by atoms with van der Waals surface area (Å²) in [5.41, 5.74) is 4.46. The van der Waals surface area contributed by atoms with Gasteiger partial charge in [-0.2, -0.15) is 0 Å². The van der Waals surface area contributed by atoms with Crippen molar-refractivity contribution in [3.05, 3.63) is 53.6 Å². The van der Waals surface area contributed by atoms with Crippen LogP contribution in [0, 0.1) is 0 Å². The lowest BCUT2D eigenvalue weighted by Gasteiger charge is -2.31. The van der Waals surface area contributed by atoms with Crippen LogP contribution >= 0.6 is 0 Å². The molecule has 2 N–H and O–H groups in total. The van der Waals surface area contributed by atoms with E-state index in [0.29, 0.717) is 25.3 Å². The Hall–Kier alpha value is -3.02. The minimum atomic E-state index is -0.667. The lowest BCUT2D eigenvalue weighted by Crippen LogP contribution is -2.36. The van der Waals surface area contributed by atoms with E-state index in [9.17, 15) is 9.59 Å². The van der Waals surface area contributed by atoms with Crippen LogP contribution in [0.2, 0.25) is 0 Å². The number of ether oxygens (including phenoxy) is 1. The first-order valence-electron chi connectivity index (χ1n) is 10.8. The number of hydrogen-bond donors (Lipinski definition) is 2. The van der Waals surface area contributed by atoms with E-state index < -0.39 is 11.8 Å². The first-order valence-corrected chi connectivity index (χ1v) is 10.8.